The number of rotatable bonds is 6. The van der Waals surface area contributed by atoms with Gasteiger partial charge in [-0.1, -0.05) is 11.6 Å². The minimum Gasteiger partial charge on any atom is -0.463 e. The molecule has 0 saturated carbocycles. The molecule has 1 N–H and O–H groups in total. The van der Waals surface area contributed by atoms with Crippen LogP contribution < -0.4 is 5.69 Å². The second kappa shape index (κ2) is 8.83. The van der Waals surface area contributed by atoms with Crippen molar-refractivity contribution in [1.82, 2.24) is 28.1 Å². The van der Waals surface area contributed by atoms with Gasteiger partial charge in [0.1, 0.15) is 6.54 Å². The summed E-state index contributed by atoms with van der Waals surface area (Å²) in [5.74, 6) is -1.08. The number of aliphatic hydroxyl groups is 1. The Morgan fingerprint density at radius 3 is 2.52 bits per heavy atom. The summed E-state index contributed by atoms with van der Waals surface area (Å²) in [5, 5.41) is 17.9. The van der Waals surface area contributed by atoms with Gasteiger partial charge in [-0.05, 0) is 24.3 Å². The summed E-state index contributed by atoms with van der Waals surface area (Å²) in [6.07, 6.45) is -7.72. The molecule has 3 aromatic rings. The standard InChI is InChI=1S/C16H14ClF3N6O4.Al/c1-30-14(28)12-21-11(22-23-12)7-26-15(29)25(6-10(27)16(18,19)20)13(24-26)8-2-4-9(17)5-3-8;/h2-5,10,27H,6-7H2,1H3,(H,21,22,23,28);/q;+1/p-1. The average molecular weight is 473 g/mol. The van der Waals surface area contributed by atoms with Gasteiger partial charge in [-0.3, -0.25) is 4.57 Å². The van der Waals surface area contributed by atoms with Crippen molar-refractivity contribution in [3.63, 3.8) is 0 Å². The molecule has 2 radical (unpaired) electrons. The fourth-order valence-corrected chi connectivity index (χ4v) is 3.02. The first-order valence-electron chi connectivity index (χ1n) is 8.49. The van der Waals surface area contributed by atoms with E-state index in [1.807, 2.05) is 0 Å². The van der Waals surface area contributed by atoms with Crippen LogP contribution in [0.5, 0.6) is 0 Å². The lowest BCUT2D eigenvalue weighted by atomic mass is 10.2. The minimum absolute atomic E-state index is 0.0128. The third-order valence-electron chi connectivity index (χ3n) is 4.09. The molecule has 0 aliphatic heterocycles. The first kappa shape index (κ1) is 23.0. The molecule has 2 aromatic heterocycles. The number of carbonyl (C=O) groups is 1. The topological polar surface area (TPSA) is 117 Å². The smallest absolute Gasteiger partial charge is 0.416 e. The fourth-order valence-electron chi connectivity index (χ4n) is 2.60. The second-order valence-corrected chi connectivity index (χ2v) is 7.15. The maximum absolute atomic E-state index is 12.9. The molecule has 2 heterocycles. The van der Waals surface area contributed by atoms with E-state index >= 15 is 0 Å². The predicted molar refractivity (Wildman–Crippen MR) is 101 cm³/mol. The van der Waals surface area contributed by atoms with E-state index in [1.165, 1.54) is 24.3 Å². The van der Waals surface area contributed by atoms with Crippen LogP contribution in [0.1, 0.15) is 16.4 Å². The van der Waals surface area contributed by atoms with E-state index in [9.17, 15) is 27.9 Å². The van der Waals surface area contributed by atoms with E-state index in [2.05, 4.69) is 36.4 Å². The first-order valence-corrected chi connectivity index (χ1v) is 9.38. The summed E-state index contributed by atoms with van der Waals surface area (Å²) < 4.78 is 45.8. The molecule has 162 valence electrons. The molecule has 1 aromatic carbocycles. The van der Waals surface area contributed by atoms with Crippen LogP contribution in [-0.4, -0.2) is 75.1 Å². The predicted octanol–water partition coefficient (Wildman–Crippen LogP) is 0.646. The number of hydrogen-bond donors (Lipinski definition) is 1. The molecule has 15 heteroatoms. The number of nitrogens with zero attached hydrogens (tertiary/aromatic N) is 6. The number of alkyl halides is 3. The van der Waals surface area contributed by atoms with Crippen LogP contribution >= 0.6 is 11.6 Å². The number of methoxy groups -OCH3 is 1. The van der Waals surface area contributed by atoms with Crippen molar-refractivity contribution in [2.75, 3.05) is 7.11 Å². The summed E-state index contributed by atoms with van der Waals surface area (Å²) in [7, 11) is 1.15. The normalized spacial score (nSPS) is 12.7. The van der Waals surface area contributed by atoms with Crippen LogP contribution in [0.25, 0.3) is 11.4 Å². The highest BCUT2D eigenvalue weighted by atomic mass is 35.5. The number of halogens is 4. The number of hydrogen-bond acceptors (Lipinski definition) is 7. The Hall–Kier alpha value is -2.66. The van der Waals surface area contributed by atoms with Crippen LogP contribution in [0.3, 0.4) is 0 Å². The zero-order chi connectivity index (χ0) is 22.9. The number of aromatic nitrogens is 6. The molecule has 10 nitrogen and oxygen atoms in total. The molecular formula is C16H13AlClF3N6O4. The van der Waals surface area contributed by atoms with E-state index in [-0.39, 0.29) is 24.0 Å². The van der Waals surface area contributed by atoms with Gasteiger partial charge in [-0.15, -0.1) is 5.10 Å². The molecule has 0 spiro atoms. The largest absolute Gasteiger partial charge is 0.463 e. The lowest BCUT2D eigenvalue weighted by Gasteiger charge is -2.15. The van der Waals surface area contributed by atoms with Gasteiger partial charge in [-0.2, -0.15) is 18.3 Å². The SMILES string of the molecule is COC(=O)c1nc(Cn2nc(-c3ccc(Cl)cc3)n(CC(O)C(F)(F)F)c2=O)n[n]1[Al]. The Labute approximate surface area is 185 Å². The summed E-state index contributed by atoms with van der Waals surface area (Å²) in [6.45, 7) is -1.42. The monoisotopic (exact) mass is 472 g/mol. The van der Waals surface area contributed by atoms with E-state index in [0.29, 0.717) is 15.2 Å². The lowest BCUT2D eigenvalue weighted by molar-refractivity contribution is -0.207. The van der Waals surface area contributed by atoms with Crippen molar-refractivity contribution in [3.05, 3.63) is 51.4 Å². The van der Waals surface area contributed by atoms with Gasteiger partial charge in [0.2, 0.25) is 5.82 Å². The molecule has 0 bridgehead atoms. The molecule has 1 unspecified atom stereocenters. The molecule has 0 fully saturated rings. The van der Waals surface area contributed by atoms with Crippen molar-refractivity contribution in [3.8, 4) is 11.4 Å². The molecule has 31 heavy (non-hydrogen) atoms. The summed E-state index contributed by atoms with van der Waals surface area (Å²) in [5.41, 5.74) is -0.637. The van der Waals surface area contributed by atoms with E-state index in [4.69, 9.17) is 11.6 Å². The van der Waals surface area contributed by atoms with Crippen molar-refractivity contribution >= 4 is 34.1 Å². The van der Waals surface area contributed by atoms with E-state index in [0.717, 1.165) is 15.5 Å². The van der Waals surface area contributed by atoms with Crippen molar-refractivity contribution < 1.29 is 27.8 Å². The quantitative estimate of drug-likeness (QED) is 0.413. The summed E-state index contributed by atoms with van der Waals surface area (Å²) >= 11 is 7.95. The second-order valence-electron chi connectivity index (χ2n) is 6.23. The Morgan fingerprint density at radius 1 is 1.29 bits per heavy atom. The van der Waals surface area contributed by atoms with Gasteiger partial charge < -0.3 is 13.5 Å². The fraction of sp³-hybridized carbons (Fsp3) is 0.312. The zero-order valence-corrected chi connectivity index (χ0v) is 17.7. The Morgan fingerprint density at radius 2 is 1.94 bits per heavy atom. The van der Waals surface area contributed by atoms with Gasteiger partial charge in [0.25, 0.3) is 0 Å². The maximum atomic E-state index is 12.9. The number of esters is 1. The Kier molecular flexibility index (Phi) is 6.56. The van der Waals surface area contributed by atoms with Gasteiger partial charge >= 0.3 is 34.3 Å². The van der Waals surface area contributed by atoms with E-state index < -0.39 is 30.5 Å². The molecule has 0 saturated heterocycles. The van der Waals surface area contributed by atoms with Crippen molar-refractivity contribution in [1.29, 1.82) is 0 Å². The molecule has 3 rings (SSSR count). The molecule has 1 atom stereocenters. The van der Waals surface area contributed by atoms with Gasteiger partial charge in [0, 0.05) is 10.6 Å². The molecule has 0 amide bonds. The van der Waals surface area contributed by atoms with Crippen LogP contribution in [-0.2, 0) is 17.8 Å². The summed E-state index contributed by atoms with van der Waals surface area (Å²) in [6, 6.07) is 5.89. The van der Waals surface area contributed by atoms with Gasteiger partial charge in [-0.25, -0.2) is 19.3 Å². The first-order chi connectivity index (χ1) is 14.5. The number of ether oxygens (including phenoxy) is 1. The van der Waals surface area contributed by atoms with Gasteiger partial charge in [0.15, 0.2) is 17.8 Å². The highest BCUT2D eigenvalue weighted by molar-refractivity contribution is 6.30. The van der Waals surface area contributed by atoms with E-state index in [1.54, 1.807) is 0 Å². The third kappa shape index (κ3) is 4.99. The molecule has 0 aliphatic rings. The number of aliphatic hydroxyl groups excluding tert-OH is 1. The van der Waals surface area contributed by atoms with Gasteiger partial charge in [0.05, 0.1) is 13.7 Å². The minimum atomic E-state index is -4.94. The maximum Gasteiger partial charge on any atom is 0.416 e. The summed E-state index contributed by atoms with van der Waals surface area (Å²) in [4.78, 5) is 28.4. The zero-order valence-electron chi connectivity index (χ0n) is 15.7. The van der Waals surface area contributed by atoms with Crippen LogP contribution in [0.4, 0.5) is 13.2 Å². The highest BCUT2D eigenvalue weighted by Gasteiger charge is 2.39. The number of carbonyl (C=O) groups excluding carboxylic acids is 1. The van der Waals surface area contributed by atoms with Crippen molar-refractivity contribution in [2.24, 2.45) is 0 Å². The van der Waals surface area contributed by atoms with Crippen LogP contribution in [0.2, 0.25) is 5.02 Å². The Balaban J connectivity index is 2.04. The molecular weight excluding hydrogens is 460 g/mol. The van der Waals surface area contributed by atoms with Crippen molar-refractivity contribution in [2.45, 2.75) is 25.4 Å². The third-order valence-corrected chi connectivity index (χ3v) is 4.70. The van der Waals surface area contributed by atoms with Crippen LogP contribution in [0, 0.1) is 0 Å². The van der Waals surface area contributed by atoms with Crippen LogP contribution in [0.15, 0.2) is 29.1 Å². The number of benzene rings is 1. The lowest BCUT2D eigenvalue weighted by Crippen LogP contribution is -2.37. The Bertz CT molecular complexity index is 1160. The highest BCUT2D eigenvalue weighted by Crippen LogP contribution is 2.24. The average Bonchev–Trinajstić information content (AvgIpc) is 3.22. The molecule has 0 aliphatic carbocycles.